The second kappa shape index (κ2) is 8.67. The molecule has 30 heavy (non-hydrogen) atoms. The van der Waals surface area contributed by atoms with Crippen molar-refractivity contribution >= 4 is 45.0 Å². The van der Waals surface area contributed by atoms with E-state index in [1.807, 2.05) is 24.3 Å². The van der Waals surface area contributed by atoms with E-state index in [9.17, 15) is 9.59 Å². The minimum Gasteiger partial charge on any atom is -0.370 e. The SMILES string of the molecule is C=CCn1c(=S)[nH]c2cc(C(=O)N3CCOC(c4ccc(Br)cc4)C3)ccc2c1=O. The Morgan fingerprint density at radius 3 is 2.80 bits per heavy atom. The number of carbonyl (C=O) groups excluding carboxylic acids is 1. The fourth-order valence-corrected chi connectivity index (χ4v) is 4.11. The molecule has 0 saturated carbocycles. The van der Waals surface area contributed by atoms with Gasteiger partial charge >= 0.3 is 0 Å². The average molecular weight is 486 g/mol. The van der Waals surface area contributed by atoms with Crippen molar-refractivity contribution in [2.45, 2.75) is 12.6 Å². The number of carbonyl (C=O) groups is 1. The number of ether oxygens (including phenoxy) is 1. The molecule has 1 atom stereocenters. The highest BCUT2D eigenvalue weighted by Gasteiger charge is 2.26. The van der Waals surface area contributed by atoms with Gasteiger partial charge in [0.1, 0.15) is 6.10 Å². The van der Waals surface area contributed by atoms with Crippen LogP contribution in [0.1, 0.15) is 22.0 Å². The first-order valence-electron chi connectivity index (χ1n) is 9.52. The molecule has 1 saturated heterocycles. The monoisotopic (exact) mass is 485 g/mol. The summed E-state index contributed by atoms with van der Waals surface area (Å²) < 4.78 is 8.62. The number of morpholine rings is 1. The molecule has 0 bridgehead atoms. The summed E-state index contributed by atoms with van der Waals surface area (Å²) in [7, 11) is 0. The number of hydrogen-bond donors (Lipinski definition) is 1. The first-order chi connectivity index (χ1) is 14.5. The van der Waals surface area contributed by atoms with Crippen LogP contribution in [0.25, 0.3) is 10.9 Å². The van der Waals surface area contributed by atoms with Crippen molar-refractivity contribution < 1.29 is 9.53 Å². The van der Waals surface area contributed by atoms with Crippen LogP contribution in [0.3, 0.4) is 0 Å². The normalized spacial score (nSPS) is 16.6. The predicted molar refractivity (Wildman–Crippen MR) is 122 cm³/mol. The van der Waals surface area contributed by atoms with E-state index in [0.717, 1.165) is 10.0 Å². The number of benzene rings is 2. The zero-order chi connectivity index (χ0) is 21.3. The van der Waals surface area contributed by atoms with Crippen LogP contribution in [0.2, 0.25) is 0 Å². The van der Waals surface area contributed by atoms with Crippen LogP contribution in [-0.4, -0.2) is 40.1 Å². The lowest BCUT2D eigenvalue weighted by atomic mass is 10.1. The average Bonchev–Trinajstić information content (AvgIpc) is 2.76. The molecule has 1 aliphatic rings. The van der Waals surface area contributed by atoms with Crippen molar-refractivity contribution in [3.8, 4) is 0 Å². The van der Waals surface area contributed by atoms with Gasteiger partial charge in [-0.1, -0.05) is 34.1 Å². The molecule has 1 aromatic heterocycles. The summed E-state index contributed by atoms with van der Waals surface area (Å²) in [6.45, 7) is 5.44. The van der Waals surface area contributed by atoms with Gasteiger partial charge in [0.15, 0.2) is 4.77 Å². The Morgan fingerprint density at radius 2 is 2.07 bits per heavy atom. The van der Waals surface area contributed by atoms with Crippen LogP contribution in [0.15, 0.2) is 64.4 Å². The van der Waals surface area contributed by atoms with Gasteiger partial charge < -0.3 is 14.6 Å². The smallest absolute Gasteiger partial charge is 0.262 e. The van der Waals surface area contributed by atoms with E-state index in [-0.39, 0.29) is 17.6 Å². The summed E-state index contributed by atoms with van der Waals surface area (Å²) in [5.41, 5.74) is 1.88. The van der Waals surface area contributed by atoms with Crippen LogP contribution in [0, 0.1) is 4.77 Å². The summed E-state index contributed by atoms with van der Waals surface area (Å²) in [6.07, 6.45) is 1.45. The number of nitrogens with zero attached hydrogens (tertiary/aromatic N) is 2. The van der Waals surface area contributed by atoms with Gasteiger partial charge in [-0.15, -0.1) is 6.58 Å². The van der Waals surface area contributed by atoms with Gasteiger partial charge in [-0.3, -0.25) is 14.2 Å². The Hall–Kier alpha value is -2.55. The quantitative estimate of drug-likeness (QED) is 0.443. The highest BCUT2D eigenvalue weighted by molar-refractivity contribution is 9.10. The van der Waals surface area contributed by atoms with E-state index in [1.54, 1.807) is 29.2 Å². The third-order valence-electron chi connectivity index (χ3n) is 5.14. The number of nitrogens with one attached hydrogen (secondary N) is 1. The second-order valence-electron chi connectivity index (χ2n) is 7.06. The number of aromatic amines is 1. The van der Waals surface area contributed by atoms with E-state index < -0.39 is 0 Å². The van der Waals surface area contributed by atoms with Crippen LogP contribution < -0.4 is 5.56 Å². The van der Waals surface area contributed by atoms with E-state index in [4.69, 9.17) is 17.0 Å². The van der Waals surface area contributed by atoms with Gasteiger partial charge in [-0.25, -0.2) is 0 Å². The highest BCUT2D eigenvalue weighted by Crippen LogP contribution is 2.25. The standard InChI is InChI=1S/C22H20BrN3O3S/c1-2-9-26-21(28)17-8-5-15(12-18(17)24-22(26)30)20(27)25-10-11-29-19(13-25)14-3-6-16(23)7-4-14/h2-8,12,19H,1,9-11,13H2,(H,24,30). The van der Waals surface area contributed by atoms with Gasteiger partial charge in [0.25, 0.3) is 11.5 Å². The van der Waals surface area contributed by atoms with Gasteiger partial charge in [-0.2, -0.15) is 0 Å². The lowest BCUT2D eigenvalue weighted by molar-refractivity contribution is -0.0228. The molecule has 1 amide bonds. The number of halogens is 1. The largest absolute Gasteiger partial charge is 0.370 e. The highest BCUT2D eigenvalue weighted by atomic mass is 79.9. The molecule has 2 aromatic carbocycles. The summed E-state index contributed by atoms with van der Waals surface area (Å²) >= 11 is 8.72. The van der Waals surface area contributed by atoms with E-state index >= 15 is 0 Å². The molecule has 1 unspecified atom stereocenters. The Bertz CT molecular complexity index is 1230. The van der Waals surface area contributed by atoms with Gasteiger partial charge in [0.2, 0.25) is 0 Å². The summed E-state index contributed by atoms with van der Waals surface area (Å²) in [5, 5.41) is 0.483. The van der Waals surface area contributed by atoms with Crippen LogP contribution in [0.4, 0.5) is 0 Å². The first-order valence-corrected chi connectivity index (χ1v) is 10.7. The maximum absolute atomic E-state index is 13.1. The molecule has 1 N–H and O–H groups in total. The fraction of sp³-hybridized carbons (Fsp3) is 0.227. The second-order valence-corrected chi connectivity index (χ2v) is 8.36. The maximum atomic E-state index is 13.1. The van der Waals surface area contributed by atoms with Gasteiger partial charge in [0, 0.05) is 23.1 Å². The maximum Gasteiger partial charge on any atom is 0.262 e. The molecule has 3 aromatic rings. The molecular formula is C22H20BrN3O3S. The molecule has 0 radical (unpaired) electrons. The van der Waals surface area contributed by atoms with E-state index in [2.05, 4.69) is 27.5 Å². The van der Waals surface area contributed by atoms with Crippen LogP contribution in [-0.2, 0) is 11.3 Å². The molecule has 0 spiro atoms. The number of H-pyrrole nitrogens is 1. The lowest BCUT2D eigenvalue weighted by Gasteiger charge is -2.33. The van der Waals surface area contributed by atoms with Gasteiger partial charge in [0.05, 0.1) is 24.1 Å². The van der Waals surface area contributed by atoms with Crippen molar-refractivity contribution in [3.63, 3.8) is 0 Å². The molecule has 0 aliphatic carbocycles. The molecule has 1 aliphatic heterocycles. The summed E-state index contributed by atoms with van der Waals surface area (Å²) in [5.74, 6) is -0.100. The van der Waals surface area contributed by atoms with Crippen molar-refractivity contribution in [3.05, 3.63) is 85.8 Å². The summed E-state index contributed by atoms with van der Waals surface area (Å²) in [6, 6.07) is 13.0. The van der Waals surface area contributed by atoms with Crippen molar-refractivity contribution in [2.24, 2.45) is 0 Å². The third-order valence-corrected chi connectivity index (χ3v) is 5.99. The Morgan fingerprint density at radius 1 is 1.30 bits per heavy atom. The lowest BCUT2D eigenvalue weighted by Crippen LogP contribution is -2.42. The minimum atomic E-state index is -0.200. The minimum absolute atomic E-state index is 0.100. The number of rotatable bonds is 4. The zero-order valence-corrected chi connectivity index (χ0v) is 18.5. The molecule has 6 nitrogen and oxygen atoms in total. The van der Waals surface area contributed by atoms with E-state index in [1.165, 1.54) is 4.57 Å². The Labute approximate surface area is 186 Å². The van der Waals surface area contributed by atoms with Crippen LogP contribution in [0.5, 0.6) is 0 Å². The fourth-order valence-electron chi connectivity index (χ4n) is 3.58. The molecule has 2 heterocycles. The molecule has 1 fully saturated rings. The first kappa shape index (κ1) is 20.7. The van der Waals surface area contributed by atoms with Gasteiger partial charge in [-0.05, 0) is 48.1 Å². The number of allylic oxidation sites excluding steroid dienone is 1. The van der Waals surface area contributed by atoms with Crippen molar-refractivity contribution in [1.29, 1.82) is 0 Å². The molecule has 4 rings (SSSR count). The third kappa shape index (κ3) is 4.03. The summed E-state index contributed by atoms with van der Waals surface area (Å²) in [4.78, 5) is 30.6. The number of amides is 1. The molecular weight excluding hydrogens is 466 g/mol. The Balaban J connectivity index is 1.61. The van der Waals surface area contributed by atoms with Crippen molar-refractivity contribution in [1.82, 2.24) is 14.5 Å². The number of fused-ring (bicyclic) bond motifs is 1. The topological polar surface area (TPSA) is 67.3 Å². The predicted octanol–water partition coefficient (Wildman–Crippen LogP) is 4.22. The Kier molecular flexibility index (Phi) is 5.99. The van der Waals surface area contributed by atoms with Crippen molar-refractivity contribution in [2.75, 3.05) is 19.7 Å². The number of aromatic nitrogens is 2. The molecule has 154 valence electrons. The number of hydrogen-bond acceptors (Lipinski definition) is 4. The van der Waals surface area contributed by atoms with E-state index in [0.29, 0.717) is 47.5 Å². The van der Waals surface area contributed by atoms with Crippen LogP contribution >= 0.6 is 28.1 Å². The zero-order valence-electron chi connectivity index (χ0n) is 16.1. The molecule has 8 heteroatoms.